The molecule has 0 amide bonds. The third kappa shape index (κ3) is 2.77. The summed E-state index contributed by atoms with van der Waals surface area (Å²) in [5, 5.41) is 0. The summed E-state index contributed by atoms with van der Waals surface area (Å²) in [6, 6.07) is 0. The molecule has 3 aliphatic carbocycles. The molecular formula is C21H28O2. The Bertz CT molecular complexity index is 645. The summed E-state index contributed by atoms with van der Waals surface area (Å²) in [5.41, 5.74) is 4.09. The molecule has 0 unspecified atom stereocenters. The Kier molecular flexibility index (Phi) is 3.98. The molecular weight excluding hydrogens is 284 g/mol. The van der Waals surface area contributed by atoms with Crippen LogP contribution in [0.4, 0.5) is 0 Å². The first kappa shape index (κ1) is 16.4. The average molecular weight is 312 g/mol. The number of rotatable bonds is 2. The van der Waals surface area contributed by atoms with Crippen LogP contribution in [0.15, 0.2) is 34.9 Å². The van der Waals surface area contributed by atoms with Gasteiger partial charge in [-0.05, 0) is 74.0 Å². The van der Waals surface area contributed by atoms with Gasteiger partial charge in [-0.25, -0.2) is 0 Å². The van der Waals surface area contributed by atoms with Gasteiger partial charge in [0.1, 0.15) is 0 Å². The molecule has 0 radical (unpaired) electrons. The van der Waals surface area contributed by atoms with E-state index in [0.717, 1.165) is 6.42 Å². The number of hydrogen-bond donors (Lipinski definition) is 0. The lowest BCUT2D eigenvalue weighted by Crippen LogP contribution is -2.45. The van der Waals surface area contributed by atoms with E-state index in [-0.39, 0.29) is 17.0 Å². The molecule has 0 aromatic heterocycles. The molecule has 124 valence electrons. The number of hydrogen-bond acceptors (Lipinski definition) is 2. The lowest BCUT2D eigenvalue weighted by Gasteiger charge is -2.55. The van der Waals surface area contributed by atoms with Crippen LogP contribution in [-0.4, -0.2) is 11.6 Å². The van der Waals surface area contributed by atoms with E-state index in [0.29, 0.717) is 23.3 Å². The van der Waals surface area contributed by atoms with Gasteiger partial charge < -0.3 is 0 Å². The van der Waals surface area contributed by atoms with Gasteiger partial charge in [0.15, 0.2) is 11.6 Å². The first-order valence-electron chi connectivity index (χ1n) is 8.90. The van der Waals surface area contributed by atoms with Crippen LogP contribution in [-0.2, 0) is 9.59 Å². The maximum absolute atomic E-state index is 12.2. The van der Waals surface area contributed by atoms with E-state index < -0.39 is 0 Å². The van der Waals surface area contributed by atoms with Crippen molar-refractivity contribution in [1.82, 2.24) is 0 Å². The number of carbonyl (C=O) groups is 2. The maximum Gasteiger partial charge on any atom is 0.182 e. The van der Waals surface area contributed by atoms with Crippen molar-refractivity contribution in [1.29, 1.82) is 0 Å². The van der Waals surface area contributed by atoms with Crippen molar-refractivity contribution < 1.29 is 9.59 Å². The highest BCUT2D eigenvalue weighted by Gasteiger charge is 2.50. The Balaban J connectivity index is 1.97. The van der Waals surface area contributed by atoms with Crippen molar-refractivity contribution in [3.8, 4) is 0 Å². The fourth-order valence-corrected chi connectivity index (χ4v) is 5.43. The van der Waals surface area contributed by atoms with Crippen molar-refractivity contribution in [3.05, 3.63) is 34.9 Å². The van der Waals surface area contributed by atoms with Crippen molar-refractivity contribution in [2.24, 2.45) is 16.7 Å². The van der Waals surface area contributed by atoms with E-state index in [4.69, 9.17) is 0 Å². The molecule has 0 heterocycles. The molecule has 3 rings (SSSR count). The normalized spacial score (nSPS) is 33.6. The van der Waals surface area contributed by atoms with Gasteiger partial charge in [-0.3, -0.25) is 9.59 Å². The van der Waals surface area contributed by atoms with Crippen LogP contribution in [0.25, 0.3) is 0 Å². The van der Waals surface area contributed by atoms with Crippen molar-refractivity contribution >= 4 is 11.6 Å². The zero-order chi connectivity index (χ0) is 16.8. The highest BCUT2D eigenvalue weighted by molar-refractivity contribution is 6.17. The molecule has 0 aromatic rings. The number of allylic oxidation sites excluding steroid dienone is 6. The van der Waals surface area contributed by atoms with E-state index in [9.17, 15) is 9.59 Å². The minimum absolute atomic E-state index is 0.00527. The van der Waals surface area contributed by atoms with E-state index in [2.05, 4.69) is 27.7 Å². The molecule has 0 bridgehead atoms. The Morgan fingerprint density at radius 2 is 1.87 bits per heavy atom. The highest BCUT2D eigenvalue weighted by Crippen LogP contribution is 2.60. The van der Waals surface area contributed by atoms with Crippen LogP contribution < -0.4 is 0 Å². The minimum Gasteiger partial charge on any atom is -0.290 e. The Morgan fingerprint density at radius 1 is 1.13 bits per heavy atom. The van der Waals surface area contributed by atoms with Crippen molar-refractivity contribution in [2.45, 2.75) is 66.2 Å². The first-order valence-corrected chi connectivity index (χ1v) is 8.90. The van der Waals surface area contributed by atoms with Gasteiger partial charge >= 0.3 is 0 Å². The number of fused-ring (bicyclic) bond motifs is 1. The monoisotopic (exact) mass is 312 g/mol. The molecule has 0 aliphatic heterocycles. The summed E-state index contributed by atoms with van der Waals surface area (Å²) >= 11 is 0. The topological polar surface area (TPSA) is 34.1 Å². The zero-order valence-electron chi connectivity index (χ0n) is 14.9. The van der Waals surface area contributed by atoms with E-state index >= 15 is 0 Å². The number of ketones is 2. The summed E-state index contributed by atoms with van der Waals surface area (Å²) in [4.78, 5) is 23.9. The second kappa shape index (κ2) is 5.58. The van der Waals surface area contributed by atoms with Crippen LogP contribution in [0.3, 0.4) is 0 Å². The molecule has 3 aliphatic rings. The predicted octanol–water partition coefficient (Wildman–Crippen LogP) is 4.95. The van der Waals surface area contributed by atoms with Crippen LogP contribution in [0.2, 0.25) is 0 Å². The third-order valence-corrected chi connectivity index (χ3v) is 6.64. The van der Waals surface area contributed by atoms with Gasteiger partial charge in [-0.2, -0.15) is 0 Å². The Morgan fingerprint density at radius 3 is 2.61 bits per heavy atom. The van der Waals surface area contributed by atoms with Gasteiger partial charge in [0, 0.05) is 5.57 Å². The van der Waals surface area contributed by atoms with E-state index in [1.165, 1.54) is 49.0 Å². The molecule has 0 saturated heterocycles. The summed E-state index contributed by atoms with van der Waals surface area (Å²) < 4.78 is 0. The maximum atomic E-state index is 12.2. The van der Waals surface area contributed by atoms with Crippen LogP contribution in [0, 0.1) is 16.7 Å². The van der Waals surface area contributed by atoms with Gasteiger partial charge in [-0.1, -0.05) is 38.3 Å². The molecule has 1 fully saturated rings. The van der Waals surface area contributed by atoms with E-state index in [1.54, 1.807) is 6.08 Å². The second-order valence-electron chi connectivity index (χ2n) is 8.56. The lowest BCUT2D eigenvalue weighted by molar-refractivity contribution is -0.114. The fraction of sp³-hybridized carbons (Fsp3) is 0.619. The lowest BCUT2D eigenvalue weighted by atomic mass is 9.49. The van der Waals surface area contributed by atoms with Crippen LogP contribution >= 0.6 is 0 Å². The molecule has 2 heteroatoms. The molecule has 23 heavy (non-hydrogen) atoms. The summed E-state index contributed by atoms with van der Waals surface area (Å²) in [6.45, 7) is 9.45. The second-order valence-corrected chi connectivity index (χ2v) is 8.56. The van der Waals surface area contributed by atoms with Gasteiger partial charge in [0.05, 0.1) is 0 Å². The predicted molar refractivity (Wildman–Crippen MR) is 93.0 cm³/mol. The Hall–Kier alpha value is -1.44. The molecule has 0 spiro atoms. The third-order valence-electron chi connectivity index (χ3n) is 6.64. The smallest absolute Gasteiger partial charge is 0.182 e. The summed E-state index contributed by atoms with van der Waals surface area (Å²) in [6.07, 6.45) is 11.1. The molecule has 0 N–H and O–H groups in total. The zero-order valence-corrected chi connectivity index (χ0v) is 14.9. The van der Waals surface area contributed by atoms with Gasteiger partial charge in [0.25, 0.3) is 0 Å². The Labute approximate surface area is 139 Å². The molecule has 2 nitrogen and oxygen atoms in total. The minimum atomic E-state index is -0.0562. The number of carbonyl (C=O) groups excluding carboxylic acids is 2. The first-order chi connectivity index (χ1) is 10.7. The standard InChI is InChI=1S/C21H28O2/c1-14-6-9-19-20(2,3)10-5-11-21(19,4)17(14)13-15-12-16(22)7-8-18(15)23/h7-8,12,19H,5-6,9-11,13H2,1-4H3/t19-,21+/m0/s1. The van der Waals surface area contributed by atoms with Gasteiger partial charge in [0.2, 0.25) is 0 Å². The molecule has 0 aromatic carbocycles. The van der Waals surface area contributed by atoms with Crippen molar-refractivity contribution in [3.63, 3.8) is 0 Å². The average Bonchev–Trinajstić information content (AvgIpc) is 2.45. The van der Waals surface area contributed by atoms with Crippen molar-refractivity contribution in [2.75, 3.05) is 0 Å². The highest BCUT2D eigenvalue weighted by atomic mass is 16.1. The summed E-state index contributed by atoms with van der Waals surface area (Å²) in [5.74, 6) is 0.623. The summed E-state index contributed by atoms with van der Waals surface area (Å²) in [7, 11) is 0. The molecule has 2 atom stereocenters. The van der Waals surface area contributed by atoms with Crippen LogP contribution in [0.5, 0.6) is 0 Å². The molecule has 1 saturated carbocycles. The van der Waals surface area contributed by atoms with Gasteiger partial charge in [-0.15, -0.1) is 0 Å². The van der Waals surface area contributed by atoms with E-state index in [1.807, 2.05) is 0 Å². The van der Waals surface area contributed by atoms with Crippen LogP contribution in [0.1, 0.15) is 66.2 Å². The SMILES string of the molecule is CC1=C(CC2=CC(=O)C=CC2=O)[C@@]2(C)CCCC(C)(C)[C@@H]2CC1. The quantitative estimate of drug-likeness (QED) is 0.534. The fourth-order valence-electron chi connectivity index (χ4n) is 5.43. The largest absolute Gasteiger partial charge is 0.290 e.